The lowest BCUT2D eigenvalue weighted by molar-refractivity contribution is -0.255. The molecular formula is C15H7FNO4-. The molecule has 21 heavy (non-hydrogen) atoms. The molecule has 2 aromatic carbocycles. The van der Waals surface area contributed by atoms with Crippen molar-refractivity contribution >= 4 is 23.5 Å². The van der Waals surface area contributed by atoms with Crippen molar-refractivity contribution in [1.82, 2.24) is 0 Å². The largest absolute Gasteiger partial charge is 0.545 e. The average Bonchev–Trinajstić information content (AvgIpc) is 2.70. The van der Waals surface area contributed by atoms with Crippen molar-refractivity contribution in [2.75, 3.05) is 4.90 Å². The Morgan fingerprint density at radius 2 is 1.57 bits per heavy atom. The summed E-state index contributed by atoms with van der Waals surface area (Å²) in [6.45, 7) is 0. The maximum absolute atomic E-state index is 13.2. The number of amides is 2. The number of halogens is 1. The van der Waals surface area contributed by atoms with Crippen molar-refractivity contribution in [1.29, 1.82) is 0 Å². The number of carbonyl (C=O) groups excluding carboxylic acids is 3. The van der Waals surface area contributed by atoms with E-state index in [1.54, 1.807) is 0 Å². The van der Waals surface area contributed by atoms with Crippen LogP contribution in [0.2, 0.25) is 0 Å². The minimum absolute atomic E-state index is 0.0102. The molecule has 3 rings (SSSR count). The second kappa shape index (κ2) is 4.52. The maximum atomic E-state index is 13.2. The molecule has 0 radical (unpaired) electrons. The molecular weight excluding hydrogens is 277 g/mol. The Morgan fingerprint density at radius 1 is 0.952 bits per heavy atom. The Bertz CT molecular complexity index is 783. The van der Waals surface area contributed by atoms with Crippen LogP contribution >= 0.6 is 0 Å². The van der Waals surface area contributed by atoms with Crippen molar-refractivity contribution in [3.63, 3.8) is 0 Å². The predicted octanol–water partition coefficient (Wildman–Crippen LogP) is 0.990. The summed E-state index contributed by atoms with van der Waals surface area (Å²) in [5.74, 6) is -3.18. The van der Waals surface area contributed by atoms with Gasteiger partial charge in [-0.1, -0.05) is 12.1 Å². The number of imide groups is 1. The summed E-state index contributed by atoms with van der Waals surface area (Å²) < 4.78 is 13.2. The molecule has 0 saturated carbocycles. The molecule has 1 aliphatic rings. The molecule has 0 unspecified atom stereocenters. The molecule has 0 aromatic heterocycles. The van der Waals surface area contributed by atoms with Crippen LogP contribution in [0, 0.1) is 5.82 Å². The second-order valence-electron chi connectivity index (χ2n) is 4.47. The first-order valence-corrected chi connectivity index (χ1v) is 5.99. The number of hydrogen-bond donors (Lipinski definition) is 0. The summed E-state index contributed by atoms with van der Waals surface area (Å²) in [5, 5.41) is 10.7. The third kappa shape index (κ3) is 1.97. The van der Waals surface area contributed by atoms with E-state index in [1.165, 1.54) is 30.3 Å². The van der Waals surface area contributed by atoms with E-state index < -0.39 is 23.6 Å². The summed E-state index contributed by atoms with van der Waals surface area (Å²) in [4.78, 5) is 35.9. The zero-order valence-corrected chi connectivity index (χ0v) is 10.5. The number of carboxylic acids is 1. The lowest BCUT2D eigenvalue weighted by Crippen LogP contribution is -2.29. The van der Waals surface area contributed by atoms with Gasteiger partial charge in [-0.3, -0.25) is 9.59 Å². The quantitative estimate of drug-likeness (QED) is 0.770. The van der Waals surface area contributed by atoms with Gasteiger partial charge in [0.25, 0.3) is 11.8 Å². The lowest BCUT2D eigenvalue weighted by Gasteiger charge is -2.14. The fourth-order valence-corrected chi connectivity index (χ4v) is 2.19. The summed E-state index contributed by atoms with van der Waals surface area (Å²) in [7, 11) is 0. The Morgan fingerprint density at radius 3 is 2.19 bits per heavy atom. The van der Waals surface area contributed by atoms with Gasteiger partial charge in [0.2, 0.25) is 0 Å². The highest BCUT2D eigenvalue weighted by Gasteiger charge is 2.36. The van der Waals surface area contributed by atoms with Crippen LogP contribution in [0.3, 0.4) is 0 Å². The fourth-order valence-electron chi connectivity index (χ4n) is 2.19. The number of rotatable bonds is 2. The van der Waals surface area contributed by atoms with E-state index in [9.17, 15) is 23.9 Å². The minimum Gasteiger partial charge on any atom is -0.545 e. The van der Waals surface area contributed by atoms with Crippen LogP contribution in [0.4, 0.5) is 10.1 Å². The van der Waals surface area contributed by atoms with Crippen LogP contribution in [0.5, 0.6) is 0 Å². The summed E-state index contributed by atoms with van der Waals surface area (Å²) in [6.07, 6.45) is 0. The monoisotopic (exact) mass is 284 g/mol. The number of aromatic carboxylic acids is 1. The Labute approximate surface area is 118 Å². The molecule has 2 aromatic rings. The highest BCUT2D eigenvalue weighted by molar-refractivity contribution is 6.34. The number of nitrogens with zero attached hydrogens (tertiary/aromatic N) is 1. The second-order valence-corrected chi connectivity index (χ2v) is 4.47. The van der Waals surface area contributed by atoms with E-state index in [4.69, 9.17) is 0 Å². The van der Waals surface area contributed by atoms with Gasteiger partial charge >= 0.3 is 0 Å². The number of fused-ring (bicyclic) bond motifs is 1. The van der Waals surface area contributed by atoms with Crippen LogP contribution in [0.1, 0.15) is 31.1 Å². The van der Waals surface area contributed by atoms with Crippen LogP contribution in [0.15, 0.2) is 42.5 Å². The SMILES string of the molecule is O=C([O-])c1ccc(N2C(=O)c3ccc(F)cc3C2=O)cc1. The molecule has 2 amide bonds. The molecule has 0 bridgehead atoms. The zero-order chi connectivity index (χ0) is 15.1. The van der Waals surface area contributed by atoms with Gasteiger partial charge in [0, 0.05) is 0 Å². The molecule has 104 valence electrons. The van der Waals surface area contributed by atoms with Gasteiger partial charge in [-0.05, 0) is 35.9 Å². The van der Waals surface area contributed by atoms with Crippen molar-refractivity contribution in [2.45, 2.75) is 0 Å². The van der Waals surface area contributed by atoms with Crippen LogP contribution < -0.4 is 10.0 Å². The van der Waals surface area contributed by atoms with Gasteiger partial charge in [-0.2, -0.15) is 0 Å². The van der Waals surface area contributed by atoms with Gasteiger partial charge in [0.1, 0.15) is 5.82 Å². The van der Waals surface area contributed by atoms with E-state index in [0.29, 0.717) is 0 Å². The van der Waals surface area contributed by atoms with Crippen molar-refractivity contribution in [3.05, 3.63) is 65.0 Å². The summed E-state index contributed by atoms with van der Waals surface area (Å²) >= 11 is 0. The molecule has 0 aliphatic carbocycles. The molecule has 1 aliphatic heterocycles. The van der Waals surface area contributed by atoms with E-state index >= 15 is 0 Å². The normalized spacial score (nSPS) is 13.5. The van der Waals surface area contributed by atoms with Crippen LogP contribution in [-0.4, -0.2) is 17.8 Å². The summed E-state index contributed by atoms with van der Waals surface area (Å²) in [5.41, 5.74) is 0.252. The molecule has 5 nitrogen and oxygen atoms in total. The van der Waals surface area contributed by atoms with E-state index in [-0.39, 0.29) is 22.4 Å². The first-order valence-electron chi connectivity index (χ1n) is 5.99. The molecule has 0 spiro atoms. The first-order chi connectivity index (χ1) is 9.99. The lowest BCUT2D eigenvalue weighted by atomic mass is 10.1. The van der Waals surface area contributed by atoms with E-state index in [1.807, 2.05) is 0 Å². The van der Waals surface area contributed by atoms with Gasteiger partial charge in [0.05, 0.1) is 22.8 Å². The Kier molecular flexibility index (Phi) is 2.79. The molecule has 0 fully saturated rings. The van der Waals surface area contributed by atoms with Gasteiger partial charge in [0.15, 0.2) is 0 Å². The highest BCUT2D eigenvalue weighted by Crippen LogP contribution is 2.28. The van der Waals surface area contributed by atoms with Crippen LogP contribution in [-0.2, 0) is 0 Å². The molecule has 0 saturated heterocycles. The number of benzene rings is 2. The maximum Gasteiger partial charge on any atom is 0.266 e. The number of anilines is 1. The Hall–Kier alpha value is -3.02. The molecule has 0 N–H and O–H groups in total. The minimum atomic E-state index is -1.36. The van der Waals surface area contributed by atoms with Gasteiger partial charge in [-0.25, -0.2) is 9.29 Å². The Balaban J connectivity index is 2.03. The van der Waals surface area contributed by atoms with Crippen molar-refractivity contribution in [3.8, 4) is 0 Å². The van der Waals surface area contributed by atoms with Gasteiger partial charge < -0.3 is 9.90 Å². The van der Waals surface area contributed by atoms with Crippen LogP contribution in [0.25, 0.3) is 0 Å². The number of carbonyl (C=O) groups is 3. The van der Waals surface area contributed by atoms with E-state index in [0.717, 1.165) is 17.0 Å². The topological polar surface area (TPSA) is 77.5 Å². The predicted molar refractivity (Wildman–Crippen MR) is 68.3 cm³/mol. The highest BCUT2D eigenvalue weighted by atomic mass is 19.1. The molecule has 1 heterocycles. The fraction of sp³-hybridized carbons (Fsp3) is 0. The standard InChI is InChI=1S/C15H8FNO4/c16-9-3-6-11-12(7-9)14(19)17(13(11)18)10-4-1-8(2-5-10)15(20)21/h1-7H,(H,20,21)/p-1. The number of carboxylic acid groups (broad SMARTS) is 1. The summed E-state index contributed by atoms with van der Waals surface area (Å²) in [6, 6.07) is 8.47. The average molecular weight is 284 g/mol. The zero-order valence-electron chi connectivity index (χ0n) is 10.5. The smallest absolute Gasteiger partial charge is 0.266 e. The van der Waals surface area contributed by atoms with Crippen molar-refractivity contribution in [2.24, 2.45) is 0 Å². The third-order valence-electron chi connectivity index (χ3n) is 3.21. The number of hydrogen-bond acceptors (Lipinski definition) is 4. The van der Waals surface area contributed by atoms with Crippen molar-refractivity contribution < 1.29 is 23.9 Å². The third-order valence-corrected chi connectivity index (χ3v) is 3.21. The molecule has 0 atom stereocenters. The molecule has 6 heteroatoms. The van der Waals surface area contributed by atoms with E-state index in [2.05, 4.69) is 0 Å². The first kappa shape index (κ1) is 13.0. The van der Waals surface area contributed by atoms with Gasteiger partial charge in [-0.15, -0.1) is 0 Å².